The second kappa shape index (κ2) is 4.89. The van der Waals surface area contributed by atoms with Crippen LogP contribution in [0.15, 0.2) is 23.6 Å². The SMILES string of the molecule is CC(CN)c1nc(-c2cccc(F)c2F)cs1. The number of halogens is 2. The number of aromatic nitrogens is 1. The van der Waals surface area contributed by atoms with E-state index in [1.807, 2.05) is 6.92 Å². The molecule has 1 heterocycles. The molecular formula is C12H12F2N2S. The lowest BCUT2D eigenvalue weighted by molar-refractivity contribution is 0.511. The predicted molar refractivity (Wildman–Crippen MR) is 64.9 cm³/mol. The number of hydrogen-bond acceptors (Lipinski definition) is 3. The van der Waals surface area contributed by atoms with E-state index in [9.17, 15) is 8.78 Å². The Morgan fingerprint density at radius 3 is 2.88 bits per heavy atom. The molecule has 2 aromatic rings. The third-order valence-electron chi connectivity index (χ3n) is 2.52. The summed E-state index contributed by atoms with van der Waals surface area (Å²) in [6.07, 6.45) is 0. The van der Waals surface area contributed by atoms with E-state index in [-0.39, 0.29) is 11.5 Å². The molecule has 0 bridgehead atoms. The van der Waals surface area contributed by atoms with Crippen molar-refractivity contribution < 1.29 is 8.78 Å². The lowest BCUT2D eigenvalue weighted by Crippen LogP contribution is -2.08. The Bertz CT molecular complexity index is 525. The van der Waals surface area contributed by atoms with Crippen molar-refractivity contribution in [3.05, 3.63) is 40.2 Å². The highest BCUT2D eigenvalue weighted by Crippen LogP contribution is 2.28. The number of benzene rings is 1. The Labute approximate surface area is 102 Å². The van der Waals surface area contributed by atoms with Gasteiger partial charge in [-0.1, -0.05) is 13.0 Å². The van der Waals surface area contributed by atoms with Crippen molar-refractivity contribution in [3.8, 4) is 11.3 Å². The first-order valence-corrected chi connectivity index (χ1v) is 6.11. The predicted octanol–water partition coefficient (Wildman–Crippen LogP) is 3.15. The van der Waals surface area contributed by atoms with Crippen LogP contribution in [0.3, 0.4) is 0 Å². The summed E-state index contributed by atoms with van der Waals surface area (Å²) in [5.41, 5.74) is 6.19. The standard InChI is InChI=1S/C12H12F2N2S/c1-7(5-15)12-16-10(6-17-12)8-3-2-4-9(13)11(8)14/h2-4,6-7H,5,15H2,1H3. The maximum Gasteiger partial charge on any atom is 0.168 e. The summed E-state index contributed by atoms with van der Waals surface area (Å²) < 4.78 is 26.6. The largest absolute Gasteiger partial charge is 0.330 e. The molecule has 0 amide bonds. The van der Waals surface area contributed by atoms with Gasteiger partial charge in [0.2, 0.25) is 0 Å². The normalized spacial score (nSPS) is 12.7. The van der Waals surface area contributed by atoms with Gasteiger partial charge in [0.25, 0.3) is 0 Å². The van der Waals surface area contributed by atoms with E-state index in [2.05, 4.69) is 4.98 Å². The molecule has 0 radical (unpaired) electrons. The molecule has 0 spiro atoms. The van der Waals surface area contributed by atoms with Crippen molar-refractivity contribution in [2.45, 2.75) is 12.8 Å². The van der Waals surface area contributed by atoms with Gasteiger partial charge in [-0.15, -0.1) is 11.3 Å². The molecule has 17 heavy (non-hydrogen) atoms. The fourth-order valence-corrected chi connectivity index (χ4v) is 2.33. The minimum Gasteiger partial charge on any atom is -0.330 e. The average molecular weight is 254 g/mol. The van der Waals surface area contributed by atoms with Crippen LogP contribution in [0.5, 0.6) is 0 Å². The highest BCUT2D eigenvalue weighted by atomic mass is 32.1. The van der Waals surface area contributed by atoms with Crippen molar-refractivity contribution >= 4 is 11.3 Å². The van der Waals surface area contributed by atoms with Crippen LogP contribution in [-0.2, 0) is 0 Å². The lowest BCUT2D eigenvalue weighted by Gasteiger charge is -2.03. The van der Waals surface area contributed by atoms with Gasteiger partial charge >= 0.3 is 0 Å². The molecular weight excluding hydrogens is 242 g/mol. The van der Waals surface area contributed by atoms with Gasteiger partial charge in [0.1, 0.15) is 0 Å². The van der Waals surface area contributed by atoms with Crippen LogP contribution in [-0.4, -0.2) is 11.5 Å². The van der Waals surface area contributed by atoms with Crippen LogP contribution in [0.4, 0.5) is 8.78 Å². The zero-order valence-electron chi connectivity index (χ0n) is 9.28. The lowest BCUT2D eigenvalue weighted by atomic mass is 10.1. The van der Waals surface area contributed by atoms with E-state index < -0.39 is 11.6 Å². The van der Waals surface area contributed by atoms with Crippen LogP contribution >= 0.6 is 11.3 Å². The van der Waals surface area contributed by atoms with Crippen molar-refractivity contribution in [1.29, 1.82) is 0 Å². The molecule has 1 unspecified atom stereocenters. The fourth-order valence-electron chi connectivity index (χ4n) is 1.44. The van der Waals surface area contributed by atoms with Crippen LogP contribution in [0, 0.1) is 11.6 Å². The highest BCUT2D eigenvalue weighted by molar-refractivity contribution is 7.10. The highest BCUT2D eigenvalue weighted by Gasteiger charge is 2.14. The molecule has 1 aromatic carbocycles. The Kier molecular flexibility index (Phi) is 3.49. The molecule has 5 heteroatoms. The van der Waals surface area contributed by atoms with E-state index in [0.717, 1.165) is 11.1 Å². The van der Waals surface area contributed by atoms with Gasteiger partial charge in [0.15, 0.2) is 11.6 Å². The molecule has 1 atom stereocenters. The monoisotopic (exact) mass is 254 g/mol. The maximum atomic E-state index is 13.5. The van der Waals surface area contributed by atoms with Crippen LogP contribution in [0.25, 0.3) is 11.3 Å². The number of nitrogens with two attached hydrogens (primary N) is 1. The number of hydrogen-bond donors (Lipinski definition) is 1. The molecule has 2 N–H and O–H groups in total. The summed E-state index contributed by atoms with van der Waals surface area (Å²) in [6.45, 7) is 2.43. The molecule has 2 nitrogen and oxygen atoms in total. The second-order valence-electron chi connectivity index (χ2n) is 3.81. The van der Waals surface area contributed by atoms with Gasteiger partial charge in [0.05, 0.1) is 10.7 Å². The second-order valence-corrected chi connectivity index (χ2v) is 4.70. The molecule has 1 aromatic heterocycles. The Morgan fingerprint density at radius 2 is 2.18 bits per heavy atom. The summed E-state index contributed by atoms with van der Waals surface area (Å²) in [5.74, 6) is -1.58. The number of nitrogens with zero attached hydrogens (tertiary/aromatic N) is 1. The Morgan fingerprint density at radius 1 is 1.41 bits per heavy atom. The summed E-state index contributed by atoms with van der Waals surface area (Å²) in [7, 11) is 0. The molecule has 0 saturated heterocycles. The first-order valence-electron chi connectivity index (χ1n) is 5.23. The summed E-state index contributed by atoms with van der Waals surface area (Å²) in [5, 5.41) is 2.56. The summed E-state index contributed by atoms with van der Waals surface area (Å²) >= 11 is 1.41. The average Bonchev–Trinajstić information content (AvgIpc) is 2.81. The third-order valence-corrected chi connectivity index (χ3v) is 3.60. The van der Waals surface area contributed by atoms with Crippen LogP contribution < -0.4 is 5.73 Å². The van der Waals surface area contributed by atoms with Crippen molar-refractivity contribution in [3.63, 3.8) is 0 Å². The Balaban J connectivity index is 2.40. The number of thiazole rings is 1. The van der Waals surface area contributed by atoms with E-state index in [1.165, 1.54) is 23.5 Å². The molecule has 0 aliphatic carbocycles. The van der Waals surface area contributed by atoms with Gasteiger partial charge in [-0.2, -0.15) is 0 Å². The van der Waals surface area contributed by atoms with Crippen molar-refractivity contribution in [2.24, 2.45) is 5.73 Å². The smallest absolute Gasteiger partial charge is 0.168 e. The molecule has 0 aliphatic rings. The van der Waals surface area contributed by atoms with Crippen LogP contribution in [0.2, 0.25) is 0 Å². The van der Waals surface area contributed by atoms with E-state index in [1.54, 1.807) is 5.38 Å². The van der Waals surface area contributed by atoms with E-state index in [4.69, 9.17) is 5.73 Å². The minimum absolute atomic E-state index is 0.130. The first kappa shape index (κ1) is 12.1. The van der Waals surface area contributed by atoms with Gasteiger partial charge in [-0.25, -0.2) is 13.8 Å². The van der Waals surface area contributed by atoms with Gasteiger partial charge in [0, 0.05) is 23.4 Å². The Hall–Kier alpha value is -1.33. The summed E-state index contributed by atoms with van der Waals surface area (Å²) in [4.78, 5) is 4.29. The van der Waals surface area contributed by atoms with Crippen molar-refractivity contribution in [2.75, 3.05) is 6.54 Å². The van der Waals surface area contributed by atoms with Crippen molar-refractivity contribution in [1.82, 2.24) is 4.98 Å². The van der Waals surface area contributed by atoms with Gasteiger partial charge in [-0.05, 0) is 12.1 Å². The van der Waals surface area contributed by atoms with Gasteiger partial charge < -0.3 is 5.73 Å². The zero-order chi connectivity index (χ0) is 12.4. The minimum atomic E-state index is -0.857. The zero-order valence-corrected chi connectivity index (χ0v) is 10.1. The summed E-state index contributed by atoms with van der Waals surface area (Å²) in [6, 6.07) is 4.08. The number of rotatable bonds is 3. The molecule has 90 valence electrons. The van der Waals surface area contributed by atoms with Gasteiger partial charge in [-0.3, -0.25) is 0 Å². The van der Waals surface area contributed by atoms with E-state index in [0.29, 0.717) is 12.2 Å². The molecule has 2 rings (SSSR count). The fraction of sp³-hybridized carbons (Fsp3) is 0.250. The molecule has 0 saturated carbocycles. The molecule has 0 aliphatic heterocycles. The topological polar surface area (TPSA) is 38.9 Å². The molecule has 0 fully saturated rings. The maximum absolute atomic E-state index is 13.5. The van der Waals surface area contributed by atoms with E-state index >= 15 is 0 Å². The first-order chi connectivity index (χ1) is 8.13. The van der Waals surface area contributed by atoms with Crippen LogP contribution in [0.1, 0.15) is 17.8 Å². The third kappa shape index (κ3) is 2.35. The quantitative estimate of drug-likeness (QED) is 0.913.